The van der Waals surface area contributed by atoms with Gasteiger partial charge < -0.3 is 11.1 Å². The summed E-state index contributed by atoms with van der Waals surface area (Å²) in [5, 5.41) is 3.14. The number of hydrogen-bond donors (Lipinski definition) is 2. The molecule has 3 nitrogen and oxygen atoms in total. The number of nitrogens with one attached hydrogen (secondary N) is 1. The van der Waals surface area contributed by atoms with Crippen LogP contribution < -0.4 is 11.1 Å². The number of carbonyl (C=O) groups excluding carboxylic acids is 1. The first-order valence-corrected chi connectivity index (χ1v) is 4.36. The molecule has 0 aromatic carbocycles. The second-order valence-electron chi connectivity index (χ2n) is 2.75. The van der Waals surface area contributed by atoms with Crippen LogP contribution in [0.1, 0.15) is 33.6 Å². The maximum Gasteiger partial charge on any atom is 0.246 e. The molecular weight excluding hydrogens is 152 g/mol. The van der Waals surface area contributed by atoms with Crippen molar-refractivity contribution in [1.29, 1.82) is 0 Å². The molecule has 0 atom stereocenters. The zero-order chi connectivity index (χ0) is 9.56. The minimum Gasteiger partial charge on any atom is -0.388 e. The highest BCUT2D eigenvalue weighted by atomic mass is 16.1. The van der Waals surface area contributed by atoms with E-state index < -0.39 is 0 Å². The molecule has 0 aliphatic rings. The normalized spacial score (nSPS) is 12.2. The van der Waals surface area contributed by atoms with E-state index in [4.69, 9.17) is 5.73 Å². The molecule has 0 saturated heterocycles. The Bertz CT molecular complexity index is 177. The van der Waals surface area contributed by atoms with E-state index in [1.807, 2.05) is 6.92 Å². The average Bonchev–Trinajstić information content (AvgIpc) is 2.03. The Balaban J connectivity index is 4.43. The Morgan fingerprint density at radius 1 is 1.42 bits per heavy atom. The van der Waals surface area contributed by atoms with Gasteiger partial charge in [0.1, 0.15) is 0 Å². The van der Waals surface area contributed by atoms with E-state index in [9.17, 15) is 4.79 Å². The van der Waals surface area contributed by atoms with Crippen LogP contribution >= 0.6 is 0 Å². The minimum absolute atomic E-state index is 0.334. The largest absolute Gasteiger partial charge is 0.388 e. The predicted octanol–water partition coefficient (Wildman–Crippen LogP) is 1.16. The van der Waals surface area contributed by atoms with Crippen LogP contribution in [0.3, 0.4) is 0 Å². The second kappa shape index (κ2) is 5.63. The first kappa shape index (κ1) is 11.0. The zero-order valence-electron chi connectivity index (χ0n) is 8.11. The Morgan fingerprint density at radius 3 is 2.33 bits per heavy atom. The highest BCUT2D eigenvalue weighted by molar-refractivity contribution is 5.91. The Hall–Kier alpha value is -0.990. The molecule has 0 aromatic rings. The first-order chi connectivity index (χ1) is 5.63. The highest BCUT2D eigenvalue weighted by Gasteiger charge is 2.04. The van der Waals surface area contributed by atoms with Gasteiger partial charge in [0.05, 0.1) is 0 Å². The molecule has 3 heteroatoms. The minimum atomic E-state index is -0.334. The molecule has 0 heterocycles. The highest BCUT2D eigenvalue weighted by Crippen LogP contribution is 2.06. The summed E-state index contributed by atoms with van der Waals surface area (Å²) in [5.41, 5.74) is 6.79. The fraction of sp³-hybridized carbons (Fsp3) is 0.667. The summed E-state index contributed by atoms with van der Waals surface area (Å²) >= 11 is 0. The van der Waals surface area contributed by atoms with Crippen LogP contribution in [0.4, 0.5) is 0 Å². The van der Waals surface area contributed by atoms with E-state index in [1.54, 1.807) is 6.92 Å². The van der Waals surface area contributed by atoms with Gasteiger partial charge in [-0.1, -0.05) is 13.3 Å². The van der Waals surface area contributed by atoms with Crippen molar-refractivity contribution in [3.05, 3.63) is 11.3 Å². The number of primary amides is 1. The van der Waals surface area contributed by atoms with E-state index in [0.29, 0.717) is 5.57 Å². The van der Waals surface area contributed by atoms with Gasteiger partial charge in [-0.05, 0) is 20.3 Å². The molecule has 70 valence electrons. The van der Waals surface area contributed by atoms with Gasteiger partial charge in [-0.3, -0.25) is 4.79 Å². The summed E-state index contributed by atoms with van der Waals surface area (Å²) in [7, 11) is 0. The second-order valence-corrected chi connectivity index (χ2v) is 2.75. The van der Waals surface area contributed by atoms with Crippen molar-refractivity contribution in [3.8, 4) is 0 Å². The van der Waals surface area contributed by atoms with Gasteiger partial charge in [-0.25, -0.2) is 0 Å². The van der Waals surface area contributed by atoms with Gasteiger partial charge in [0.25, 0.3) is 0 Å². The smallest absolute Gasteiger partial charge is 0.246 e. The number of allylic oxidation sites excluding steroid dienone is 1. The quantitative estimate of drug-likeness (QED) is 0.608. The third kappa shape index (κ3) is 3.42. The Kier molecular flexibility index (Phi) is 5.17. The molecule has 0 bridgehead atoms. The number of carbonyl (C=O) groups is 1. The summed E-state index contributed by atoms with van der Waals surface area (Å²) in [6.45, 7) is 6.67. The lowest BCUT2D eigenvalue weighted by Crippen LogP contribution is -2.21. The molecule has 0 radical (unpaired) electrons. The molecule has 0 saturated carbocycles. The fourth-order valence-corrected chi connectivity index (χ4v) is 1.02. The summed E-state index contributed by atoms with van der Waals surface area (Å²) in [4.78, 5) is 10.8. The lowest BCUT2D eigenvalue weighted by atomic mass is 10.1. The van der Waals surface area contributed by atoms with Gasteiger partial charge in [-0.2, -0.15) is 0 Å². The average molecular weight is 170 g/mol. The van der Waals surface area contributed by atoms with Crippen LogP contribution in [-0.4, -0.2) is 12.5 Å². The molecule has 0 spiro atoms. The molecule has 0 aliphatic carbocycles. The van der Waals surface area contributed by atoms with Gasteiger partial charge in [0.2, 0.25) is 5.91 Å². The summed E-state index contributed by atoms with van der Waals surface area (Å²) in [6.07, 6.45) is 1.91. The monoisotopic (exact) mass is 170 g/mol. The third-order valence-electron chi connectivity index (χ3n) is 1.71. The van der Waals surface area contributed by atoms with Crippen LogP contribution in [0.5, 0.6) is 0 Å². The lowest BCUT2D eigenvalue weighted by molar-refractivity contribution is -0.114. The lowest BCUT2D eigenvalue weighted by Gasteiger charge is -2.10. The number of hydrogen-bond acceptors (Lipinski definition) is 2. The predicted molar refractivity (Wildman–Crippen MR) is 50.5 cm³/mol. The molecule has 0 unspecified atom stereocenters. The van der Waals surface area contributed by atoms with Crippen molar-refractivity contribution in [2.75, 3.05) is 6.54 Å². The van der Waals surface area contributed by atoms with E-state index in [-0.39, 0.29) is 5.91 Å². The SMILES string of the molecule is CCC/C(NCC)=C(/C)C(N)=O. The van der Waals surface area contributed by atoms with Crippen LogP contribution in [-0.2, 0) is 4.79 Å². The van der Waals surface area contributed by atoms with Crippen LogP contribution in [0.15, 0.2) is 11.3 Å². The number of amides is 1. The topological polar surface area (TPSA) is 55.1 Å². The molecule has 0 rings (SSSR count). The van der Waals surface area contributed by atoms with E-state index in [2.05, 4.69) is 12.2 Å². The van der Waals surface area contributed by atoms with Crippen molar-refractivity contribution in [2.24, 2.45) is 5.73 Å². The maximum atomic E-state index is 10.8. The fourth-order valence-electron chi connectivity index (χ4n) is 1.02. The standard InChI is InChI=1S/C9H18N2O/c1-4-6-8(11-5-2)7(3)9(10)12/h11H,4-6H2,1-3H3,(H2,10,12)/b8-7+. The summed E-state index contributed by atoms with van der Waals surface area (Å²) in [5.74, 6) is -0.334. The van der Waals surface area contributed by atoms with Gasteiger partial charge in [0.15, 0.2) is 0 Å². The van der Waals surface area contributed by atoms with Gasteiger partial charge in [0, 0.05) is 17.8 Å². The van der Waals surface area contributed by atoms with E-state index >= 15 is 0 Å². The van der Waals surface area contributed by atoms with Crippen molar-refractivity contribution >= 4 is 5.91 Å². The molecule has 0 fully saturated rings. The number of rotatable bonds is 5. The molecule has 1 amide bonds. The molecule has 0 aromatic heterocycles. The summed E-state index contributed by atoms with van der Waals surface area (Å²) < 4.78 is 0. The molecular formula is C9H18N2O. The van der Waals surface area contributed by atoms with Gasteiger partial charge >= 0.3 is 0 Å². The van der Waals surface area contributed by atoms with Crippen molar-refractivity contribution in [1.82, 2.24) is 5.32 Å². The zero-order valence-corrected chi connectivity index (χ0v) is 8.11. The van der Waals surface area contributed by atoms with Crippen LogP contribution in [0, 0.1) is 0 Å². The Morgan fingerprint density at radius 2 is 2.00 bits per heavy atom. The van der Waals surface area contributed by atoms with Crippen molar-refractivity contribution in [3.63, 3.8) is 0 Å². The first-order valence-electron chi connectivity index (χ1n) is 4.36. The Labute approximate surface area is 74.0 Å². The summed E-state index contributed by atoms with van der Waals surface area (Å²) in [6, 6.07) is 0. The third-order valence-corrected chi connectivity index (χ3v) is 1.71. The van der Waals surface area contributed by atoms with E-state index in [0.717, 1.165) is 25.1 Å². The van der Waals surface area contributed by atoms with Crippen LogP contribution in [0.25, 0.3) is 0 Å². The molecule has 12 heavy (non-hydrogen) atoms. The van der Waals surface area contributed by atoms with E-state index in [1.165, 1.54) is 0 Å². The number of nitrogens with two attached hydrogens (primary N) is 1. The van der Waals surface area contributed by atoms with Crippen LogP contribution in [0.2, 0.25) is 0 Å². The van der Waals surface area contributed by atoms with Crippen molar-refractivity contribution in [2.45, 2.75) is 33.6 Å². The van der Waals surface area contributed by atoms with Crippen molar-refractivity contribution < 1.29 is 4.79 Å². The maximum absolute atomic E-state index is 10.8. The van der Waals surface area contributed by atoms with Gasteiger partial charge in [-0.15, -0.1) is 0 Å². The molecule has 3 N–H and O–H groups in total. The molecule has 0 aliphatic heterocycles.